The number of hydrogen-bond donors (Lipinski definition) is 2. The van der Waals surface area contributed by atoms with Gasteiger partial charge in [-0.25, -0.2) is 9.67 Å². The molecule has 0 aliphatic carbocycles. The third-order valence-corrected chi connectivity index (χ3v) is 6.32. The minimum absolute atomic E-state index is 0.0330. The van der Waals surface area contributed by atoms with Crippen molar-refractivity contribution in [2.24, 2.45) is 0 Å². The van der Waals surface area contributed by atoms with Crippen LogP contribution in [0.2, 0.25) is 5.15 Å². The summed E-state index contributed by atoms with van der Waals surface area (Å²) in [5.41, 5.74) is 1.14. The first-order valence-electron chi connectivity index (χ1n) is 11.5. The first kappa shape index (κ1) is 23.9. The van der Waals surface area contributed by atoms with E-state index in [1.54, 1.807) is 30.7 Å². The van der Waals surface area contributed by atoms with E-state index in [1.165, 1.54) is 4.90 Å². The van der Waals surface area contributed by atoms with Crippen LogP contribution in [0.1, 0.15) is 41.2 Å². The van der Waals surface area contributed by atoms with Gasteiger partial charge in [0.25, 0.3) is 11.8 Å². The van der Waals surface area contributed by atoms with Gasteiger partial charge in [-0.3, -0.25) is 9.59 Å². The summed E-state index contributed by atoms with van der Waals surface area (Å²) in [6, 6.07) is 12.1. The van der Waals surface area contributed by atoms with E-state index in [0.29, 0.717) is 41.7 Å². The molecule has 0 spiro atoms. The number of nitrogens with one attached hydrogen (secondary N) is 1. The average molecular weight is 506 g/mol. The van der Waals surface area contributed by atoms with Gasteiger partial charge in [-0.05, 0) is 43.9 Å². The number of halogens is 1. The molecule has 36 heavy (non-hydrogen) atoms. The highest BCUT2D eigenvalue weighted by Crippen LogP contribution is 2.30. The van der Waals surface area contributed by atoms with Gasteiger partial charge in [-0.1, -0.05) is 47.9 Å². The number of rotatable bonds is 3. The summed E-state index contributed by atoms with van der Waals surface area (Å²) in [4.78, 5) is 32.3. The van der Waals surface area contributed by atoms with Crippen molar-refractivity contribution in [1.82, 2.24) is 19.7 Å². The molecule has 0 saturated heterocycles. The number of fused-ring (bicyclic) bond motifs is 2. The Morgan fingerprint density at radius 2 is 2.00 bits per heavy atom. The van der Waals surface area contributed by atoms with Crippen molar-refractivity contribution in [2.75, 3.05) is 18.5 Å². The number of pyridine rings is 1. The molecule has 0 fully saturated rings. The number of nitrogens with zero attached hydrogens (tertiary/aromatic N) is 4. The number of ether oxygens (including phenoxy) is 1. The van der Waals surface area contributed by atoms with Gasteiger partial charge < -0.3 is 20.1 Å². The second kappa shape index (κ2) is 9.30. The predicted molar refractivity (Wildman–Crippen MR) is 133 cm³/mol. The van der Waals surface area contributed by atoms with Crippen molar-refractivity contribution >= 4 is 29.2 Å². The predicted octanol–water partition coefficient (Wildman–Crippen LogP) is 2.50. The molecule has 3 aromatic rings. The van der Waals surface area contributed by atoms with Crippen LogP contribution in [-0.2, 0) is 17.8 Å². The molecule has 2 N–H and O–H groups in total. The maximum atomic E-state index is 13.4. The molecule has 1 unspecified atom stereocenters. The molecule has 0 bridgehead atoms. The molecule has 10 heteroatoms. The highest BCUT2D eigenvalue weighted by atomic mass is 35.5. The largest absolute Gasteiger partial charge is 0.487 e. The summed E-state index contributed by atoms with van der Waals surface area (Å²) >= 11 is 6.57. The quantitative estimate of drug-likeness (QED) is 0.529. The molecule has 4 heterocycles. The fourth-order valence-corrected chi connectivity index (χ4v) is 4.40. The van der Waals surface area contributed by atoms with E-state index in [-0.39, 0.29) is 24.0 Å². The van der Waals surface area contributed by atoms with E-state index in [1.807, 2.05) is 30.3 Å². The Balaban J connectivity index is 1.36. The van der Waals surface area contributed by atoms with Gasteiger partial charge in [0.15, 0.2) is 17.3 Å². The van der Waals surface area contributed by atoms with Crippen molar-refractivity contribution in [1.29, 1.82) is 0 Å². The molecule has 2 aliphatic heterocycles. The van der Waals surface area contributed by atoms with Crippen LogP contribution in [-0.4, -0.2) is 61.4 Å². The van der Waals surface area contributed by atoms with Gasteiger partial charge in [-0.15, -0.1) is 0 Å². The van der Waals surface area contributed by atoms with E-state index >= 15 is 0 Å². The van der Waals surface area contributed by atoms with Gasteiger partial charge in [0.1, 0.15) is 29.1 Å². The number of carbonyl (C=O) groups is 2. The van der Waals surface area contributed by atoms with Crippen molar-refractivity contribution in [3.05, 3.63) is 70.1 Å². The lowest BCUT2D eigenvalue weighted by molar-refractivity contribution is -0.121. The van der Waals surface area contributed by atoms with Gasteiger partial charge in [0.05, 0.1) is 6.54 Å². The topological polar surface area (TPSA) is 110 Å². The molecule has 0 saturated carbocycles. The Morgan fingerprint density at radius 1 is 1.22 bits per heavy atom. The first-order chi connectivity index (χ1) is 17.2. The van der Waals surface area contributed by atoms with Gasteiger partial charge in [-0.2, -0.15) is 5.10 Å². The van der Waals surface area contributed by atoms with Crippen molar-refractivity contribution in [3.8, 4) is 17.6 Å². The van der Waals surface area contributed by atoms with Crippen LogP contribution in [0, 0.1) is 11.8 Å². The zero-order valence-electron chi connectivity index (χ0n) is 19.8. The fraction of sp³-hybridized carbons (Fsp3) is 0.308. The molecular formula is C26H24ClN5O4. The highest BCUT2D eigenvalue weighted by molar-refractivity contribution is 6.31. The first-order valence-corrected chi connectivity index (χ1v) is 11.9. The summed E-state index contributed by atoms with van der Waals surface area (Å²) in [6.07, 6.45) is 0.473. The Bertz CT molecular complexity index is 1400. The number of aliphatic hydroxyl groups is 1. The maximum Gasteiger partial charge on any atom is 0.275 e. The minimum atomic E-state index is -1.18. The third kappa shape index (κ3) is 4.78. The standard InChI is InChI=1S/C26H24ClN5O4/c1-26(2,35)12-10-17-8-9-20-23(28-17)29-24(33)19(15-36-20)31-13-11-18-21(25(31)34)30-32(22(18)27)14-16-6-4-3-5-7-16/h3-9,19,35H,11,13-15H2,1-2H3,(H,28,29,33). The Labute approximate surface area is 213 Å². The van der Waals surface area contributed by atoms with Crippen molar-refractivity contribution < 1.29 is 19.4 Å². The van der Waals surface area contributed by atoms with Gasteiger partial charge in [0.2, 0.25) is 0 Å². The van der Waals surface area contributed by atoms with Crippen LogP contribution in [0.5, 0.6) is 5.75 Å². The number of carbonyl (C=O) groups excluding carboxylic acids is 2. The van der Waals surface area contributed by atoms with Crippen molar-refractivity contribution in [3.63, 3.8) is 0 Å². The Hall–Kier alpha value is -3.87. The van der Waals surface area contributed by atoms with Gasteiger partial charge >= 0.3 is 0 Å². The minimum Gasteiger partial charge on any atom is -0.487 e. The second-order valence-corrected chi connectivity index (χ2v) is 9.54. The number of hydrogen-bond acceptors (Lipinski definition) is 6. The zero-order valence-corrected chi connectivity index (χ0v) is 20.5. The third-order valence-electron chi connectivity index (χ3n) is 5.90. The van der Waals surface area contributed by atoms with Crippen LogP contribution in [0.3, 0.4) is 0 Å². The smallest absolute Gasteiger partial charge is 0.275 e. The highest BCUT2D eigenvalue weighted by Gasteiger charge is 2.39. The average Bonchev–Trinajstić information content (AvgIpc) is 3.06. The van der Waals surface area contributed by atoms with Crippen LogP contribution in [0.25, 0.3) is 0 Å². The van der Waals surface area contributed by atoms with E-state index in [4.69, 9.17) is 16.3 Å². The lowest BCUT2D eigenvalue weighted by Gasteiger charge is -2.31. The molecule has 5 rings (SSSR count). The maximum absolute atomic E-state index is 13.4. The van der Waals surface area contributed by atoms with Gasteiger partial charge in [0, 0.05) is 12.1 Å². The normalized spacial score (nSPS) is 17.2. The lowest BCUT2D eigenvalue weighted by atomic mass is 10.0. The molecular weight excluding hydrogens is 482 g/mol. The number of aromatic nitrogens is 3. The molecule has 2 aliphatic rings. The molecule has 9 nitrogen and oxygen atoms in total. The SMILES string of the molecule is CC(C)(O)C#Cc1ccc2c(n1)NC(=O)C(N1CCc3c(nn(Cc4ccccc4)c3Cl)C1=O)CO2. The van der Waals surface area contributed by atoms with Crippen LogP contribution in [0.4, 0.5) is 5.82 Å². The molecule has 2 amide bonds. The van der Waals surface area contributed by atoms with E-state index in [2.05, 4.69) is 27.2 Å². The summed E-state index contributed by atoms with van der Waals surface area (Å²) in [5, 5.41) is 17.5. The lowest BCUT2D eigenvalue weighted by Crippen LogP contribution is -2.52. The summed E-state index contributed by atoms with van der Waals surface area (Å²) in [6.45, 7) is 3.84. The van der Waals surface area contributed by atoms with E-state index in [0.717, 1.165) is 5.56 Å². The summed E-state index contributed by atoms with van der Waals surface area (Å²) in [5.74, 6) is 5.27. The number of anilines is 1. The van der Waals surface area contributed by atoms with Crippen molar-refractivity contribution in [2.45, 2.75) is 38.5 Å². The van der Waals surface area contributed by atoms with E-state index < -0.39 is 17.6 Å². The fourth-order valence-electron chi connectivity index (χ4n) is 4.12. The Kier molecular flexibility index (Phi) is 6.16. The number of benzene rings is 1. The number of amides is 2. The summed E-state index contributed by atoms with van der Waals surface area (Å²) in [7, 11) is 0. The molecule has 1 aromatic carbocycles. The van der Waals surface area contributed by atoms with E-state index in [9.17, 15) is 14.7 Å². The molecule has 184 valence electrons. The molecule has 0 radical (unpaired) electrons. The van der Waals surface area contributed by atoms with Crippen LogP contribution >= 0.6 is 11.6 Å². The molecule has 1 atom stereocenters. The monoisotopic (exact) mass is 505 g/mol. The molecule has 2 aromatic heterocycles. The Morgan fingerprint density at radius 3 is 2.75 bits per heavy atom. The van der Waals surface area contributed by atoms with Crippen LogP contribution < -0.4 is 10.1 Å². The second-order valence-electron chi connectivity index (χ2n) is 9.18. The van der Waals surface area contributed by atoms with Crippen LogP contribution in [0.15, 0.2) is 42.5 Å². The zero-order chi connectivity index (χ0) is 25.4. The summed E-state index contributed by atoms with van der Waals surface area (Å²) < 4.78 is 7.45.